The van der Waals surface area contributed by atoms with Crippen molar-refractivity contribution in [2.75, 3.05) is 5.32 Å². The van der Waals surface area contributed by atoms with Crippen LogP contribution in [0.5, 0.6) is 11.5 Å². The van der Waals surface area contributed by atoms with Gasteiger partial charge < -0.3 is 15.5 Å². The fourth-order valence-corrected chi connectivity index (χ4v) is 3.02. The molecule has 0 aliphatic rings. The van der Waals surface area contributed by atoms with Crippen LogP contribution in [-0.2, 0) is 4.79 Å². The number of phenols is 2. The Balaban J connectivity index is 1.94. The van der Waals surface area contributed by atoms with E-state index in [1.807, 2.05) is 29.6 Å². The number of amides is 1. The molecule has 0 saturated carbocycles. The van der Waals surface area contributed by atoms with Crippen molar-refractivity contribution in [1.82, 2.24) is 4.98 Å². The van der Waals surface area contributed by atoms with E-state index in [1.165, 1.54) is 30.4 Å². The molecular weight excluding hydrogens is 312 g/mol. The fourth-order valence-electron chi connectivity index (χ4n) is 2.20. The number of anilines is 1. The molecule has 0 spiro atoms. The molecule has 0 fully saturated rings. The number of carbonyl (C=O) groups excluding carboxylic acids is 1. The SMILES string of the molecule is CC(=O)Nc1cccc(-c2nc(-c3ccc(O)cc3O)cs2)c1. The number of benzene rings is 2. The number of hydrogen-bond acceptors (Lipinski definition) is 5. The first-order chi connectivity index (χ1) is 11.0. The molecule has 1 amide bonds. The molecule has 116 valence electrons. The third-order valence-electron chi connectivity index (χ3n) is 3.19. The molecule has 3 aromatic rings. The van der Waals surface area contributed by atoms with Gasteiger partial charge in [-0.25, -0.2) is 4.98 Å². The van der Waals surface area contributed by atoms with Gasteiger partial charge in [0, 0.05) is 35.2 Å². The second kappa shape index (κ2) is 6.10. The highest BCUT2D eigenvalue weighted by Gasteiger charge is 2.11. The van der Waals surface area contributed by atoms with Crippen molar-refractivity contribution in [3.63, 3.8) is 0 Å². The molecular formula is C17H14N2O3S. The molecule has 3 N–H and O–H groups in total. The molecule has 5 nitrogen and oxygen atoms in total. The second-order valence-electron chi connectivity index (χ2n) is 5.00. The number of carbonyl (C=O) groups is 1. The number of nitrogens with one attached hydrogen (secondary N) is 1. The minimum absolute atomic E-state index is 0.00436. The van der Waals surface area contributed by atoms with Gasteiger partial charge in [0.2, 0.25) is 5.91 Å². The smallest absolute Gasteiger partial charge is 0.221 e. The zero-order chi connectivity index (χ0) is 16.4. The minimum Gasteiger partial charge on any atom is -0.508 e. The Morgan fingerprint density at radius 2 is 2.00 bits per heavy atom. The lowest BCUT2D eigenvalue weighted by Gasteiger charge is -2.04. The lowest BCUT2D eigenvalue weighted by Crippen LogP contribution is -2.05. The molecule has 0 bridgehead atoms. The summed E-state index contributed by atoms with van der Waals surface area (Å²) >= 11 is 1.44. The maximum absolute atomic E-state index is 11.1. The highest BCUT2D eigenvalue weighted by atomic mass is 32.1. The summed E-state index contributed by atoms with van der Waals surface area (Å²) < 4.78 is 0. The molecule has 1 aromatic heterocycles. The number of hydrogen-bond donors (Lipinski definition) is 3. The van der Waals surface area contributed by atoms with Crippen LogP contribution >= 0.6 is 11.3 Å². The van der Waals surface area contributed by atoms with Gasteiger partial charge in [-0.05, 0) is 24.3 Å². The van der Waals surface area contributed by atoms with E-state index in [-0.39, 0.29) is 17.4 Å². The molecule has 0 saturated heterocycles. The number of nitrogens with zero attached hydrogens (tertiary/aromatic N) is 1. The van der Waals surface area contributed by atoms with Crippen LogP contribution < -0.4 is 5.32 Å². The Kier molecular flexibility index (Phi) is 3.99. The summed E-state index contributed by atoms with van der Waals surface area (Å²) in [5.41, 5.74) is 2.78. The van der Waals surface area contributed by atoms with E-state index in [0.717, 1.165) is 10.6 Å². The van der Waals surface area contributed by atoms with E-state index in [2.05, 4.69) is 10.3 Å². The highest BCUT2D eigenvalue weighted by Crippen LogP contribution is 2.35. The predicted octanol–water partition coefficient (Wildman–Crippen LogP) is 3.85. The molecule has 0 aliphatic carbocycles. The summed E-state index contributed by atoms with van der Waals surface area (Å²) in [6, 6.07) is 11.8. The number of aromatic nitrogens is 1. The number of aromatic hydroxyl groups is 2. The Hall–Kier alpha value is -2.86. The Morgan fingerprint density at radius 3 is 2.74 bits per heavy atom. The summed E-state index contributed by atoms with van der Waals surface area (Å²) in [4.78, 5) is 15.7. The molecule has 2 aromatic carbocycles. The molecule has 23 heavy (non-hydrogen) atoms. The maximum atomic E-state index is 11.1. The van der Waals surface area contributed by atoms with Crippen molar-refractivity contribution in [3.8, 4) is 33.3 Å². The van der Waals surface area contributed by atoms with Crippen molar-refractivity contribution < 1.29 is 15.0 Å². The average Bonchev–Trinajstić information content (AvgIpc) is 2.96. The molecule has 0 radical (unpaired) electrons. The van der Waals surface area contributed by atoms with E-state index >= 15 is 0 Å². The number of thiazole rings is 1. The first kappa shape index (κ1) is 15.1. The zero-order valence-electron chi connectivity index (χ0n) is 12.3. The molecule has 6 heteroatoms. The highest BCUT2D eigenvalue weighted by molar-refractivity contribution is 7.13. The van der Waals surface area contributed by atoms with Crippen molar-refractivity contribution in [2.45, 2.75) is 6.92 Å². The normalized spacial score (nSPS) is 10.5. The van der Waals surface area contributed by atoms with Crippen LogP contribution in [0.2, 0.25) is 0 Å². The van der Waals surface area contributed by atoms with E-state index in [0.29, 0.717) is 16.9 Å². The van der Waals surface area contributed by atoms with E-state index in [1.54, 1.807) is 6.07 Å². The molecule has 3 rings (SSSR count). The third-order valence-corrected chi connectivity index (χ3v) is 4.08. The number of phenolic OH excluding ortho intramolecular Hbond substituents is 2. The van der Waals surface area contributed by atoms with Gasteiger partial charge in [0.05, 0.1) is 5.69 Å². The largest absolute Gasteiger partial charge is 0.508 e. The average molecular weight is 326 g/mol. The second-order valence-corrected chi connectivity index (χ2v) is 5.86. The van der Waals surface area contributed by atoms with Crippen LogP contribution in [0.4, 0.5) is 5.69 Å². The van der Waals surface area contributed by atoms with Gasteiger partial charge in [-0.15, -0.1) is 11.3 Å². The van der Waals surface area contributed by atoms with Gasteiger partial charge in [-0.1, -0.05) is 12.1 Å². The molecule has 1 heterocycles. The van der Waals surface area contributed by atoms with E-state index in [4.69, 9.17) is 0 Å². The van der Waals surface area contributed by atoms with Gasteiger partial charge in [-0.3, -0.25) is 4.79 Å². The van der Waals surface area contributed by atoms with Crippen LogP contribution in [0.3, 0.4) is 0 Å². The van der Waals surface area contributed by atoms with Gasteiger partial charge in [-0.2, -0.15) is 0 Å². The van der Waals surface area contributed by atoms with Crippen molar-refractivity contribution >= 4 is 22.9 Å². The summed E-state index contributed by atoms with van der Waals surface area (Å²) in [6.07, 6.45) is 0. The standard InChI is InChI=1S/C17H14N2O3S/c1-10(20)18-12-4-2-3-11(7-12)17-19-15(9-23-17)14-6-5-13(21)8-16(14)22/h2-9,21-22H,1H3,(H,18,20). The summed E-state index contributed by atoms with van der Waals surface area (Å²) in [6.45, 7) is 1.46. The lowest BCUT2D eigenvalue weighted by molar-refractivity contribution is -0.114. The Morgan fingerprint density at radius 1 is 1.17 bits per heavy atom. The third kappa shape index (κ3) is 3.32. The van der Waals surface area contributed by atoms with Gasteiger partial charge in [0.1, 0.15) is 16.5 Å². The quantitative estimate of drug-likeness (QED) is 0.683. The van der Waals surface area contributed by atoms with Crippen LogP contribution in [0.15, 0.2) is 47.8 Å². The summed E-state index contributed by atoms with van der Waals surface area (Å²) in [5.74, 6) is -0.144. The summed E-state index contributed by atoms with van der Waals surface area (Å²) in [5, 5.41) is 24.6. The lowest BCUT2D eigenvalue weighted by atomic mass is 10.1. The molecule has 0 aliphatic heterocycles. The van der Waals surface area contributed by atoms with Crippen molar-refractivity contribution in [3.05, 3.63) is 47.8 Å². The maximum Gasteiger partial charge on any atom is 0.221 e. The van der Waals surface area contributed by atoms with E-state index < -0.39 is 0 Å². The van der Waals surface area contributed by atoms with E-state index in [9.17, 15) is 15.0 Å². The number of rotatable bonds is 3. The Labute approximate surface area is 136 Å². The van der Waals surface area contributed by atoms with Gasteiger partial charge >= 0.3 is 0 Å². The van der Waals surface area contributed by atoms with Crippen molar-refractivity contribution in [2.24, 2.45) is 0 Å². The minimum atomic E-state index is -0.129. The monoisotopic (exact) mass is 326 g/mol. The van der Waals surface area contributed by atoms with Crippen LogP contribution in [0.25, 0.3) is 21.8 Å². The topological polar surface area (TPSA) is 82.5 Å². The van der Waals surface area contributed by atoms with Crippen LogP contribution in [-0.4, -0.2) is 21.1 Å². The van der Waals surface area contributed by atoms with Crippen LogP contribution in [0, 0.1) is 0 Å². The van der Waals surface area contributed by atoms with Gasteiger partial charge in [0.15, 0.2) is 0 Å². The van der Waals surface area contributed by atoms with Crippen LogP contribution in [0.1, 0.15) is 6.92 Å². The van der Waals surface area contributed by atoms with Gasteiger partial charge in [0.25, 0.3) is 0 Å². The fraction of sp³-hybridized carbons (Fsp3) is 0.0588. The molecule has 0 unspecified atom stereocenters. The Bertz CT molecular complexity index is 874. The first-order valence-corrected chi connectivity index (χ1v) is 7.77. The first-order valence-electron chi connectivity index (χ1n) is 6.89. The predicted molar refractivity (Wildman–Crippen MR) is 90.6 cm³/mol. The summed E-state index contributed by atoms with van der Waals surface area (Å²) in [7, 11) is 0. The molecule has 0 atom stereocenters. The van der Waals surface area contributed by atoms with Crippen molar-refractivity contribution in [1.29, 1.82) is 0 Å². The zero-order valence-corrected chi connectivity index (χ0v) is 13.1.